The van der Waals surface area contributed by atoms with Crippen LogP contribution in [0.25, 0.3) is 17.3 Å². The van der Waals surface area contributed by atoms with Crippen molar-refractivity contribution in [3.8, 4) is 5.69 Å². The minimum Gasteiger partial charge on any atom is -0.348 e. The Bertz CT molecular complexity index is 1180. The van der Waals surface area contributed by atoms with Gasteiger partial charge in [0.25, 0.3) is 5.91 Å². The van der Waals surface area contributed by atoms with E-state index >= 15 is 0 Å². The second kappa shape index (κ2) is 13.0. The maximum absolute atomic E-state index is 13.3. The normalized spacial score (nSPS) is 10.7. The van der Waals surface area contributed by atoms with Gasteiger partial charge in [-0.25, -0.2) is 14.1 Å². The van der Waals surface area contributed by atoms with E-state index in [-0.39, 0.29) is 24.2 Å². The summed E-state index contributed by atoms with van der Waals surface area (Å²) in [6.07, 6.45) is 7.77. The van der Waals surface area contributed by atoms with E-state index < -0.39 is 0 Å². The molecule has 184 valence electrons. The van der Waals surface area contributed by atoms with Crippen LogP contribution in [0.4, 0.5) is 10.2 Å². The smallest absolute Gasteiger partial charge is 0.251 e. The molecule has 8 heteroatoms. The molecule has 0 spiro atoms. The zero-order valence-corrected chi connectivity index (χ0v) is 20.9. The molecule has 7 nitrogen and oxygen atoms in total. The van der Waals surface area contributed by atoms with Gasteiger partial charge in [0.1, 0.15) is 11.6 Å². The number of carbonyl (C=O) groups is 2. The molecule has 0 aliphatic heterocycles. The first-order valence-corrected chi connectivity index (χ1v) is 11.4. The van der Waals surface area contributed by atoms with E-state index in [1.54, 1.807) is 67.5 Å². The number of halogens is 1. The summed E-state index contributed by atoms with van der Waals surface area (Å²) in [5.74, 6) is -0.203. The average Bonchev–Trinajstić information content (AvgIpc) is 3.27. The Labute approximate surface area is 206 Å². The van der Waals surface area contributed by atoms with Gasteiger partial charge in [-0.15, -0.1) is 0 Å². The molecule has 1 N–H and O–H groups in total. The van der Waals surface area contributed by atoms with Crippen molar-refractivity contribution in [3.05, 3.63) is 84.1 Å². The van der Waals surface area contributed by atoms with Crippen LogP contribution >= 0.6 is 0 Å². The highest BCUT2D eigenvalue weighted by Gasteiger charge is 2.18. The molecule has 3 aromatic rings. The molecule has 0 aliphatic rings. The second-order valence-corrected chi connectivity index (χ2v) is 7.73. The molecule has 2 aromatic heterocycles. The molecule has 0 saturated carbocycles. The first-order valence-electron chi connectivity index (χ1n) is 11.4. The van der Waals surface area contributed by atoms with E-state index in [0.29, 0.717) is 28.3 Å². The van der Waals surface area contributed by atoms with Gasteiger partial charge in [-0.1, -0.05) is 39.0 Å². The summed E-state index contributed by atoms with van der Waals surface area (Å²) in [5.41, 5.74) is 3.12. The molecule has 35 heavy (non-hydrogen) atoms. The Balaban J connectivity index is 0.00000137. The van der Waals surface area contributed by atoms with Gasteiger partial charge in [0.15, 0.2) is 0 Å². The van der Waals surface area contributed by atoms with Crippen molar-refractivity contribution >= 4 is 29.3 Å². The Kier molecular flexibility index (Phi) is 10.1. The van der Waals surface area contributed by atoms with Crippen molar-refractivity contribution in [2.75, 3.05) is 11.9 Å². The summed E-state index contributed by atoms with van der Waals surface area (Å²) in [6, 6.07) is 9.44. The third-order valence-electron chi connectivity index (χ3n) is 4.97. The molecule has 1 aromatic carbocycles. The largest absolute Gasteiger partial charge is 0.348 e. The quantitative estimate of drug-likeness (QED) is 0.476. The summed E-state index contributed by atoms with van der Waals surface area (Å²) in [7, 11) is 1.65. The number of nitrogens with zero attached hydrogens (tertiary/aromatic N) is 4. The predicted octanol–water partition coefficient (Wildman–Crippen LogP) is 5.17. The summed E-state index contributed by atoms with van der Waals surface area (Å²) >= 11 is 0. The number of rotatable bonds is 7. The Morgan fingerprint density at radius 2 is 1.80 bits per heavy atom. The molecular weight excluding hydrogens is 445 g/mol. The van der Waals surface area contributed by atoms with Gasteiger partial charge in [0, 0.05) is 37.8 Å². The molecule has 2 amide bonds. The number of anilines is 1. The number of pyridine rings is 1. The van der Waals surface area contributed by atoms with Crippen LogP contribution < -0.4 is 10.2 Å². The number of allylic oxidation sites excluding steroid dienone is 1. The van der Waals surface area contributed by atoms with Crippen LogP contribution in [0.3, 0.4) is 0 Å². The summed E-state index contributed by atoms with van der Waals surface area (Å²) in [4.78, 5) is 30.0. The molecule has 0 radical (unpaired) electrons. The Morgan fingerprint density at radius 3 is 2.31 bits per heavy atom. The molecule has 0 aliphatic carbocycles. The molecule has 0 bridgehead atoms. The van der Waals surface area contributed by atoms with Crippen molar-refractivity contribution in [2.24, 2.45) is 0 Å². The SMILES string of the molecule is C=Cc1c(/C(=C\C)C(=O)NCc2ccc(N(C)C(C)=O)nc2)cnn1-c1ccc(F)cc1.CCC. The third-order valence-corrected chi connectivity index (χ3v) is 4.97. The average molecular weight is 478 g/mol. The van der Waals surface area contributed by atoms with Crippen LogP contribution in [-0.4, -0.2) is 33.6 Å². The molecule has 0 unspecified atom stereocenters. The lowest BCUT2D eigenvalue weighted by Gasteiger charge is -2.14. The van der Waals surface area contributed by atoms with Gasteiger partial charge in [0.2, 0.25) is 5.91 Å². The van der Waals surface area contributed by atoms with E-state index in [9.17, 15) is 14.0 Å². The Hall–Kier alpha value is -4.07. The predicted molar refractivity (Wildman–Crippen MR) is 138 cm³/mol. The number of amides is 2. The number of carbonyl (C=O) groups excluding carboxylic acids is 2. The van der Waals surface area contributed by atoms with Crippen LogP contribution in [0.1, 0.15) is 50.9 Å². The van der Waals surface area contributed by atoms with Crippen molar-refractivity contribution < 1.29 is 14.0 Å². The van der Waals surface area contributed by atoms with E-state index in [1.807, 2.05) is 0 Å². The van der Waals surface area contributed by atoms with Crippen LogP contribution in [-0.2, 0) is 16.1 Å². The van der Waals surface area contributed by atoms with E-state index in [0.717, 1.165) is 5.56 Å². The summed E-state index contributed by atoms with van der Waals surface area (Å²) in [5, 5.41) is 7.24. The lowest BCUT2D eigenvalue weighted by molar-refractivity contribution is -0.116. The lowest BCUT2D eigenvalue weighted by Crippen LogP contribution is -2.25. The number of aromatic nitrogens is 3. The van der Waals surface area contributed by atoms with Gasteiger partial charge >= 0.3 is 0 Å². The van der Waals surface area contributed by atoms with E-state index in [2.05, 4.69) is 35.8 Å². The number of benzene rings is 1. The molecule has 0 saturated heterocycles. The molecule has 0 atom stereocenters. The zero-order chi connectivity index (χ0) is 26.0. The standard InChI is InChI=1S/C24H24FN5O2.C3H8/c1-5-20(21-15-28-30(22(21)6-2)19-10-8-18(25)9-11-19)24(32)27-14-17-7-12-23(26-13-17)29(4)16(3)31;1-3-2/h5-13,15H,2,14H2,1,3-4H3,(H,27,32);3H2,1-2H3/b20-5+;. The highest BCUT2D eigenvalue weighted by Crippen LogP contribution is 2.24. The van der Waals surface area contributed by atoms with Crippen LogP contribution in [0.15, 0.2) is 61.4 Å². The molecule has 2 heterocycles. The maximum atomic E-state index is 13.3. The number of hydrogen-bond acceptors (Lipinski definition) is 4. The van der Waals surface area contributed by atoms with Gasteiger partial charge in [-0.3, -0.25) is 9.59 Å². The van der Waals surface area contributed by atoms with Gasteiger partial charge in [-0.05, 0) is 48.9 Å². The van der Waals surface area contributed by atoms with Crippen LogP contribution in [0.2, 0.25) is 0 Å². The number of hydrogen-bond donors (Lipinski definition) is 1. The first kappa shape index (κ1) is 27.2. The highest BCUT2D eigenvalue weighted by atomic mass is 19.1. The maximum Gasteiger partial charge on any atom is 0.251 e. The fourth-order valence-corrected chi connectivity index (χ4v) is 3.12. The first-order chi connectivity index (χ1) is 16.8. The topological polar surface area (TPSA) is 80.1 Å². The molecule has 0 fully saturated rings. The minimum absolute atomic E-state index is 0.115. The van der Waals surface area contributed by atoms with Gasteiger partial charge in [-0.2, -0.15) is 5.10 Å². The van der Waals surface area contributed by atoms with Gasteiger partial charge in [0.05, 0.1) is 17.6 Å². The van der Waals surface area contributed by atoms with Crippen molar-refractivity contribution in [2.45, 2.75) is 40.7 Å². The minimum atomic E-state index is -0.342. The monoisotopic (exact) mass is 477 g/mol. The van der Waals surface area contributed by atoms with Crippen molar-refractivity contribution in [1.82, 2.24) is 20.1 Å². The fourth-order valence-electron chi connectivity index (χ4n) is 3.12. The summed E-state index contributed by atoms with van der Waals surface area (Å²) < 4.78 is 14.9. The van der Waals surface area contributed by atoms with E-state index in [4.69, 9.17) is 0 Å². The zero-order valence-electron chi connectivity index (χ0n) is 20.9. The molecule has 3 rings (SSSR count). The lowest BCUT2D eigenvalue weighted by atomic mass is 10.1. The van der Waals surface area contributed by atoms with Gasteiger partial charge < -0.3 is 10.2 Å². The fraction of sp³-hybridized carbons (Fsp3) is 0.259. The van der Waals surface area contributed by atoms with E-state index in [1.165, 1.54) is 30.4 Å². The third kappa shape index (κ3) is 6.96. The van der Waals surface area contributed by atoms with Crippen LogP contribution in [0, 0.1) is 5.82 Å². The van der Waals surface area contributed by atoms with Crippen molar-refractivity contribution in [1.29, 1.82) is 0 Å². The molecular formula is C27H32FN5O2. The van der Waals surface area contributed by atoms with Crippen LogP contribution in [0.5, 0.6) is 0 Å². The van der Waals surface area contributed by atoms with Crippen molar-refractivity contribution in [3.63, 3.8) is 0 Å². The summed E-state index contributed by atoms with van der Waals surface area (Å²) in [6.45, 7) is 11.6. The highest BCUT2D eigenvalue weighted by molar-refractivity contribution is 6.20. The Morgan fingerprint density at radius 1 is 1.14 bits per heavy atom. The number of nitrogens with one attached hydrogen (secondary N) is 1. The second-order valence-electron chi connectivity index (χ2n) is 7.73.